The maximum absolute atomic E-state index is 12.1. The van der Waals surface area contributed by atoms with Crippen molar-refractivity contribution in [1.82, 2.24) is 0 Å². The maximum atomic E-state index is 12.1. The summed E-state index contributed by atoms with van der Waals surface area (Å²) < 4.78 is 10.1. The lowest BCUT2D eigenvalue weighted by Gasteiger charge is -2.23. The Morgan fingerprint density at radius 2 is 1.45 bits per heavy atom. The number of ether oxygens (including phenoxy) is 2. The molecule has 0 fully saturated rings. The van der Waals surface area contributed by atoms with Gasteiger partial charge in [0.05, 0.1) is 13.2 Å². The van der Waals surface area contributed by atoms with Crippen molar-refractivity contribution < 1.29 is 19.1 Å². The zero-order chi connectivity index (χ0) is 17.2. The number of rotatable bonds is 9. The van der Waals surface area contributed by atoms with Gasteiger partial charge in [0.15, 0.2) is 5.41 Å². The molecule has 126 valence electrons. The van der Waals surface area contributed by atoms with Gasteiger partial charge >= 0.3 is 11.9 Å². The number of allylic oxidation sites excluding steroid dienone is 4. The monoisotopic (exact) mass is 310 g/mol. The maximum Gasteiger partial charge on any atom is 0.323 e. The van der Waals surface area contributed by atoms with Gasteiger partial charge in [-0.3, -0.25) is 9.59 Å². The number of carbonyl (C=O) groups is 2. The molecule has 0 atom stereocenters. The van der Waals surface area contributed by atoms with E-state index < -0.39 is 17.4 Å². The molecule has 0 saturated carbocycles. The quantitative estimate of drug-likeness (QED) is 0.364. The molecule has 0 aromatic rings. The van der Waals surface area contributed by atoms with Crippen LogP contribution in [0.5, 0.6) is 0 Å². The van der Waals surface area contributed by atoms with E-state index in [0.29, 0.717) is 6.42 Å². The molecule has 0 spiro atoms. The van der Waals surface area contributed by atoms with Crippen LogP contribution in [0, 0.1) is 5.41 Å². The lowest BCUT2D eigenvalue weighted by molar-refractivity contribution is -0.170. The highest BCUT2D eigenvalue weighted by molar-refractivity contribution is 5.99. The van der Waals surface area contributed by atoms with E-state index in [4.69, 9.17) is 9.47 Å². The minimum Gasteiger partial charge on any atom is -0.465 e. The standard InChI is InChI=1S/C18H30O4/c1-7-21-16(19)18(6,17(20)22-8-2)13-12-15(5)11-9-10-14(3)4/h10,12H,7-9,11,13H2,1-6H3/b15-12+. The highest BCUT2D eigenvalue weighted by Gasteiger charge is 2.43. The Balaban J connectivity index is 4.94. The Morgan fingerprint density at radius 3 is 1.86 bits per heavy atom. The van der Waals surface area contributed by atoms with Crippen molar-refractivity contribution in [2.45, 2.75) is 60.8 Å². The van der Waals surface area contributed by atoms with Crippen molar-refractivity contribution in [3.05, 3.63) is 23.3 Å². The number of carbonyl (C=O) groups excluding carboxylic acids is 2. The molecule has 0 bridgehead atoms. The third-order valence-electron chi connectivity index (χ3n) is 3.40. The molecule has 0 aliphatic heterocycles. The fraction of sp³-hybridized carbons (Fsp3) is 0.667. The second kappa shape index (κ2) is 10.2. The van der Waals surface area contributed by atoms with Crippen LogP contribution in [-0.2, 0) is 19.1 Å². The van der Waals surface area contributed by atoms with Crippen LogP contribution in [0.25, 0.3) is 0 Å². The molecule has 0 saturated heterocycles. The third-order valence-corrected chi connectivity index (χ3v) is 3.40. The molecule has 22 heavy (non-hydrogen) atoms. The first-order chi connectivity index (χ1) is 10.3. The fourth-order valence-corrected chi connectivity index (χ4v) is 1.90. The van der Waals surface area contributed by atoms with Gasteiger partial charge in [0, 0.05) is 0 Å². The molecule has 0 rings (SSSR count). The molecule has 0 unspecified atom stereocenters. The highest BCUT2D eigenvalue weighted by Crippen LogP contribution is 2.27. The molecule has 0 radical (unpaired) electrons. The summed E-state index contributed by atoms with van der Waals surface area (Å²) in [5.74, 6) is -1.05. The minimum absolute atomic E-state index is 0.247. The number of hydrogen-bond acceptors (Lipinski definition) is 4. The predicted molar refractivity (Wildman–Crippen MR) is 88.4 cm³/mol. The van der Waals surface area contributed by atoms with Gasteiger partial charge in [-0.2, -0.15) is 0 Å². The topological polar surface area (TPSA) is 52.6 Å². The fourth-order valence-electron chi connectivity index (χ4n) is 1.90. The average Bonchev–Trinajstić information content (AvgIpc) is 2.44. The van der Waals surface area contributed by atoms with E-state index in [1.165, 1.54) is 5.57 Å². The van der Waals surface area contributed by atoms with Crippen LogP contribution >= 0.6 is 0 Å². The average molecular weight is 310 g/mol. The van der Waals surface area contributed by atoms with Crippen LogP contribution in [0.1, 0.15) is 60.8 Å². The summed E-state index contributed by atoms with van der Waals surface area (Å²) in [6.07, 6.45) is 6.28. The lowest BCUT2D eigenvalue weighted by Crippen LogP contribution is -2.39. The SMILES string of the molecule is CCOC(=O)C(C)(C/C=C(\C)CCC=C(C)C)C(=O)OCC. The number of hydrogen-bond donors (Lipinski definition) is 0. The normalized spacial score (nSPS) is 11.8. The second-order valence-electron chi connectivity index (χ2n) is 5.85. The van der Waals surface area contributed by atoms with Crippen molar-refractivity contribution in [3.8, 4) is 0 Å². The van der Waals surface area contributed by atoms with Gasteiger partial charge in [0.1, 0.15) is 0 Å². The summed E-state index contributed by atoms with van der Waals surface area (Å²) >= 11 is 0. The summed E-state index contributed by atoms with van der Waals surface area (Å²) in [5.41, 5.74) is 1.16. The van der Waals surface area contributed by atoms with Gasteiger partial charge < -0.3 is 9.47 Å². The predicted octanol–water partition coefficient (Wildman–Crippen LogP) is 4.20. The highest BCUT2D eigenvalue weighted by atomic mass is 16.6. The van der Waals surface area contributed by atoms with Crippen LogP contribution < -0.4 is 0 Å². The van der Waals surface area contributed by atoms with Gasteiger partial charge in [-0.25, -0.2) is 0 Å². The summed E-state index contributed by atoms with van der Waals surface area (Å²) in [6.45, 7) is 11.7. The van der Waals surface area contributed by atoms with Crippen molar-refractivity contribution in [1.29, 1.82) is 0 Å². The molecule has 0 N–H and O–H groups in total. The van der Waals surface area contributed by atoms with E-state index in [0.717, 1.165) is 18.4 Å². The molecule has 0 aliphatic rings. The molecule has 4 nitrogen and oxygen atoms in total. The van der Waals surface area contributed by atoms with Gasteiger partial charge in [-0.05, 0) is 60.8 Å². The van der Waals surface area contributed by atoms with Gasteiger partial charge in [0.25, 0.3) is 0 Å². The van der Waals surface area contributed by atoms with Crippen LogP contribution in [0.3, 0.4) is 0 Å². The van der Waals surface area contributed by atoms with E-state index in [-0.39, 0.29) is 13.2 Å². The lowest BCUT2D eigenvalue weighted by atomic mass is 9.85. The molecule has 4 heteroatoms. The van der Waals surface area contributed by atoms with Crippen molar-refractivity contribution in [2.24, 2.45) is 5.41 Å². The van der Waals surface area contributed by atoms with E-state index in [9.17, 15) is 9.59 Å². The Hall–Kier alpha value is -1.58. The van der Waals surface area contributed by atoms with Crippen molar-refractivity contribution >= 4 is 11.9 Å². The zero-order valence-corrected chi connectivity index (χ0v) is 14.8. The first-order valence-electron chi connectivity index (χ1n) is 7.91. The summed E-state index contributed by atoms with van der Waals surface area (Å²) in [7, 11) is 0. The van der Waals surface area contributed by atoms with Crippen molar-refractivity contribution in [2.75, 3.05) is 13.2 Å². The summed E-state index contributed by atoms with van der Waals surface area (Å²) in [6, 6.07) is 0. The number of esters is 2. The molecular formula is C18H30O4. The Morgan fingerprint density at radius 1 is 0.955 bits per heavy atom. The second-order valence-corrected chi connectivity index (χ2v) is 5.85. The molecule has 0 aliphatic carbocycles. The smallest absolute Gasteiger partial charge is 0.323 e. The third kappa shape index (κ3) is 6.92. The zero-order valence-electron chi connectivity index (χ0n) is 14.8. The van der Waals surface area contributed by atoms with E-state index >= 15 is 0 Å². The Labute approximate surface area is 134 Å². The molecule has 0 heterocycles. The van der Waals surface area contributed by atoms with Crippen LogP contribution in [0.4, 0.5) is 0 Å². The van der Waals surface area contributed by atoms with Gasteiger partial charge in [-0.15, -0.1) is 0 Å². The first-order valence-corrected chi connectivity index (χ1v) is 7.91. The molecule has 0 amide bonds. The Bertz CT molecular complexity index is 410. The molecule has 0 aromatic heterocycles. The van der Waals surface area contributed by atoms with Gasteiger partial charge in [0.2, 0.25) is 0 Å². The molecular weight excluding hydrogens is 280 g/mol. The van der Waals surface area contributed by atoms with E-state index in [1.807, 2.05) is 13.0 Å². The summed E-state index contributed by atoms with van der Waals surface area (Å²) in [4.78, 5) is 24.3. The summed E-state index contributed by atoms with van der Waals surface area (Å²) in [5, 5.41) is 0. The first kappa shape index (κ1) is 20.4. The Kier molecular flexibility index (Phi) is 9.46. The largest absolute Gasteiger partial charge is 0.465 e. The molecule has 0 aromatic carbocycles. The van der Waals surface area contributed by atoms with E-state index in [2.05, 4.69) is 19.9 Å². The minimum atomic E-state index is -1.27. The van der Waals surface area contributed by atoms with Crippen molar-refractivity contribution in [3.63, 3.8) is 0 Å². The van der Waals surface area contributed by atoms with Crippen LogP contribution in [-0.4, -0.2) is 25.2 Å². The van der Waals surface area contributed by atoms with E-state index in [1.54, 1.807) is 20.8 Å². The van der Waals surface area contributed by atoms with Gasteiger partial charge in [-0.1, -0.05) is 23.3 Å². The van der Waals surface area contributed by atoms with Crippen LogP contribution in [0.15, 0.2) is 23.3 Å². The van der Waals surface area contributed by atoms with Crippen LogP contribution in [0.2, 0.25) is 0 Å².